The molecule has 0 fully saturated rings. The largest absolute Gasteiger partial charge is 0.386 e. The van der Waals surface area contributed by atoms with Crippen LogP contribution < -0.4 is 5.32 Å². The minimum absolute atomic E-state index is 0.951. The van der Waals surface area contributed by atoms with E-state index in [1.807, 2.05) is 6.08 Å². The third kappa shape index (κ3) is 5.15. The summed E-state index contributed by atoms with van der Waals surface area (Å²) in [5, 5.41) is 3.10. The molecule has 0 aromatic heterocycles. The SMILES string of the molecule is C=C(/C=C/CC)NCC. The van der Waals surface area contributed by atoms with Crippen molar-refractivity contribution in [3.05, 3.63) is 24.4 Å². The van der Waals surface area contributed by atoms with E-state index in [4.69, 9.17) is 0 Å². The average Bonchev–Trinajstić information content (AvgIpc) is 1.85. The highest BCUT2D eigenvalue weighted by Gasteiger charge is 1.78. The van der Waals surface area contributed by atoms with Crippen LogP contribution in [0, 0.1) is 0 Å². The first kappa shape index (κ1) is 8.28. The number of nitrogens with one attached hydrogen (secondary N) is 1. The molecule has 1 nitrogen and oxygen atoms in total. The molecule has 0 aromatic rings. The van der Waals surface area contributed by atoms with Crippen LogP contribution in [0.3, 0.4) is 0 Å². The van der Waals surface area contributed by atoms with Gasteiger partial charge in [0.2, 0.25) is 0 Å². The summed E-state index contributed by atoms with van der Waals surface area (Å²) in [6.45, 7) is 8.90. The van der Waals surface area contributed by atoms with E-state index >= 15 is 0 Å². The number of hydrogen-bond donors (Lipinski definition) is 1. The highest BCUT2D eigenvalue weighted by molar-refractivity contribution is 5.11. The summed E-state index contributed by atoms with van der Waals surface area (Å²) in [4.78, 5) is 0. The fourth-order valence-corrected chi connectivity index (χ4v) is 0.546. The Morgan fingerprint density at radius 2 is 2.22 bits per heavy atom. The quantitative estimate of drug-likeness (QED) is 0.567. The van der Waals surface area contributed by atoms with Gasteiger partial charge in [0.05, 0.1) is 0 Å². The van der Waals surface area contributed by atoms with Crippen molar-refractivity contribution >= 4 is 0 Å². The van der Waals surface area contributed by atoms with Crippen molar-refractivity contribution in [1.29, 1.82) is 0 Å². The molecule has 9 heavy (non-hydrogen) atoms. The molecule has 0 aliphatic rings. The fraction of sp³-hybridized carbons (Fsp3) is 0.500. The third-order valence-corrected chi connectivity index (χ3v) is 0.959. The molecule has 0 saturated carbocycles. The Hall–Kier alpha value is -0.720. The first-order valence-corrected chi connectivity index (χ1v) is 3.40. The summed E-state index contributed by atoms with van der Waals surface area (Å²) in [7, 11) is 0. The summed E-state index contributed by atoms with van der Waals surface area (Å²) in [6.07, 6.45) is 5.17. The molecule has 1 heteroatoms. The van der Waals surface area contributed by atoms with E-state index in [0.717, 1.165) is 18.7 Å². The van der Waals surface area contributed by atoms with Crippen LogP contribution in [0.1, 0.15) is 20.3 Å². The molecule has 0 aliphatic carbocycles. The maximum Gasteiger partial charge on any atom is 0.0263 e. The van der Waals surface area contributed by atoms with Gasteiger partial charge in [-0.15, -0.1) is 0 Å². The molecular weight excluding hydrogens is 110 g/mol. The van der Waals surface area contributed by atoms with E-state index in [2.05, 4.69) is 31.8 Å². The third-order valence-electron chi connectivity index (χ3n) is 0.959. The zero-order valence-corrected chi connectivity index (χ0v) is 6.28. The van der Waals surface area contributed by atoms with Crippen LogP contribution in [-0.4, -0.2) is 6.54 Å². The van der Waals surface area contributed by atoms with Crippen molar-refractivity contribution in [3.8, 4) is 0 Å². The van der Waals surface area contributed by atoms with E-state index in [9.17, 15) is 0 Å². The maximum absolute atomic E-state index is 3.78. The molecule has 0 unspecified atom stereocenters. The number of hydrogen-bond acceptors (Lipinski definition) is 1. The lowest BCUT2D eigenvalue weighted by atomic mass is 10.3. The van der Waals surface area contributed by atoms with Crippen molar-refractivity contribution in [3.63, 3.8) is 0 Å². The lowest BCUT2D eigenvalue weighted by molar-refractivity contribution is 0.881. The van der Waals surface area contributed by atoms with Crippen molar-refractivity contribution in [2.24, 2.45) is 0 Å². The summed E-state index contributed by atoms with van der Waals surface area (Å²) >= 11 is 0. The Balaban J connectivity index is 3.37. The van der Waals surface area contributed by atoms with Gasteiger partial charge in [0.25, 0.3) is 0 Å². The smallest absolute Gasteiger partial charge is 0.0263 e. The Kier molecular flexibility index (Phi) is 4.98. The standard InChI is InChI=1S/C8H15N/c1-4-6-7-8(3)9-5-2/h6-7,9H,3-5H2,1-2H3/b7-6+. The minimum Gasteiger partial charge on any atom is -0.386 e. The number of rotatable bonds is 4. The predicted molar refractivity (Wildman–Crippen MR) is 42.2 cm³/mol. The Morgan fingerprint density at radius 1 is 1.56 bits per heavy atom. The van der Waals surface area contributed by atoms with Crippen molar-refractivity contribution in [2.45, 2.75) is 20.3 Å². The zero-order valence-electron chi connectivity index (χ0n) is 6.28. The van der Waals surface area contributed by atoms with Crippen LogP contribution in [0.4, 0.5) is 0 Å². The van der Waals surface area contributed by atoms with Crippen LogP contribution in [0.5, 0.6) is 0 Å². The van der Waals surface area contributed by atoms with E-state index in [0.29, 0.717) is 0 Å². The van der Waals surface area contributed by atoms with Gasteiger partial charge in [0, 0.05) is 12.2 Å². The van der Waals surface area contributed by atoms with Crippen molar-refractivity contribution < 1.29 is 0 Å². The average molecular weight is 125 g/mol. The summed E-state index contributed by atoms with van der Waals surface area (Å²) in [5.74, 6) is 0. The molecule has 0 aromatic carbocycles. The normalized spacial score (nSPS) is 10.0. The van der Waals surface area contributed by atoms with Gasteiger partial charge >= 0.3 is 0 Å². The molecular formula is C8H15N. The Morgan fingerprint density at radius 3 is 2.67 bits per heavy atom. The van der Waals surface area contributed by atoms with Crippen LogP contribution in [0.2, 0.25) is 0 Å². The molecule has 0 heterocycles. The minimum atomic E-state index is 0.951. The van der Waals surface area contributed by atoms with E-state index < -0.39 is 0 Å². The van der Waals surface area contributed by atoms with Gasteiger partial charge < -0.3 is 5.32 Å². The molecule has 0 aliphatic heterocycles. The fourth-order valence-electron chi connectivity index (χ4n) is 0.546. The molecule has 0 spiro atoms. The number of likely N-dealkylation sites (N-methyl/N-ethyl adjacent to an activating group) is 1. The molecule has 0 bridgehead atoms. The molecule has 0 atom stereocenters. The van der Waals surface area contributed by atoms with Gasteiger partial charge in [0.15, 0.2) is 0 Å². The second kappa shape index (κ2) is 5.42. The summed E-state index contributed by atoms with van der Waals surface area (Å²) in [6, 6.07) is 0. The lowest BCUT2D eigenvalue weighted by Crippen LogP contribution is -2.08. The summed E-state index contributed by atoms with van der Waals surface area (Å²) < 4.78 is 0. The highest BCUT2D eigenvalue weighted by atomic mass is 14.8. The van der Waals surface area contributed by atoms with Crippen LogP contribution >= 0.6 is 0 Å². The molecule has 0 amide bonds. The van der Waals surface area contributed by atoms with E-state index in [1.54, 1.807) is 0 Å². The zero-order chi connectivity index (χ0) is 7.11. The monoisotopic (exact) mass is 125 g/mol. The van der Waals surface area contributed by atoms with Crippen LogP contribution in [0.25, 0.3) is 0 Å². The van der Waals surface area contributed by atoms with Gasteiger partial charge in [-0.2, -0.15) is 0 Å². The van der Waals surface area contributed by atoms with Crippen molar-refractivity contribution in [1.82, 2.24) is 5.32 Å². The van der Waals surface area contributed by atoms with Crippen LogP contribution in [0.15, 0.2) is 24.4 Å². The van der Waals surface area contributed by atoms with E-state index in [1.165, 1.54) is 0 Å². The topological polar surface area (TPSA) is 12.0 Å². The van der Waals surface area contributed by atoms with Gasteiger partial charge in [-0.3, -0.25) is 0 Å². The van der Waals surface area contributed by atoms with Gasteiger partial charge in [-0.1, -0.05) is 19.6 Å². The second-order valence-electron chi connectivity index (χ2n) is 1.87. The van der Waals surface area contributed by atoms with Gasteiger partial charge in [-0.25, -0.2) is 0 Å². The van der Waals surface area contributed by atoms with Crippen LogP contribution in [-0.2, 0) is 0 Å². The second-order valence-corrected chi connectivity index (χ2v) is 1.87. The molecule has 0 rings (SSSR count). The molecule has 0 saturated heterocycles. The molecule has 1 N–H and O–H groups in total. The van der Waals surface area contributed by atoms with E-state index in [-0.39, 0.29) is 0 Å². The first-order valence-electron chi connectivity index (χ1n) is 3.40. The predicted octanol–water partition coefficient (Wildman–Crippen LogP) is 2.08. The molecule has 52 valence electrons. The van der Waals surface area contributed by atoms with Crippen molar-refractivity contribution in [2.75, 3.05) is 6.54 Å². The Bertz CT molecular complexity index is 103. The Labute approximate surface area is 57.5 Å². The highest BCUT2D eigenvalue weighted by Crippen LogP contribution is 1.87. The van der Waals surface area contributed by atoms with Gasteiger partial charge in [-0.05, 0) is 19.4 Å². The maximum atomic E-state index is 3.78. The lowest BCUT2D eigenvalue weighted by Gasteiger charge is -1.98. The first-order chi connectivity index (χ1) is 4.31. The summed E-state index contributed by atoms with van der Waals surface area (Å²) in [5.41, 5.74) is 0.999. The van der Waals surface area contributed by atoms with Gasteiger partial charge in [0.1, 0.15) is 0 Å². The number of allylic oxidation sites excluding steroid dienone is 2. The molecule has 0 radical (unpaired) electrons.